The molecule has 0 unspecified atom stereocenters. The predicted molar refractivity (Wildman–Crippen MR) is 124 cm³/mol. The van der Waals surface area contributed by atoms with Crippen molar-refractivity contribution in [2.45, 2.75) is 37.5 Å². The smallest absolute Gasteiger partial charge is 0.338 e. The van der Waals surface area contributed by atoms with Crippen molar-refractivity contribution in [2.75, 3.05) is 25.0 Å². The lowest BCUT2D eigenvalue weighted by molar-refractivity contribution is -0.119. The summed E-state index contributed by atoms with van der Waals surface area (Å²) in [5.41, 5.74) is 1.31. The molecule has 1 aliphatic heterocycles. The van der Waals surface area contributed by atoms with Crippen LogP contribution >= 0.6 is 23.2 Å². The van der Waals surface area contributed by atoms with Crippen molar-refractivity contribution in [3.05, 3.63) is 57.6 Å². The Bertz CT molecular complexity index is 1110. The molecular weight excluding hydrogens is 475 g/mol. The predicted octanol–water partition coefficient (Wildman–Crippen LogP) is 4.66. The van der Waals surface area contributed by atoms with E-state index in [1.807, 2.05) is 0 Å². The van der Waals surface area contributed by atoms with Gasteiger partial charge in [0, 0.05) is 23.8 Å². The van der Waals surface area contributed by atoms with Crippen LogP contribution in [0.25, 0.3) is 0 Å². The molecular formula is C22H24Cl2N2O5S. The average Bonchev–Trinajstić information content (AvgIpc) is 3.04. The number of amides is 1. The summed E-state index contributed by atoms with van der Waals surface area (Å²) < 4.78 is 32.6. The molecule has 7 nitrogen and oxygen atoms in total. The van der Waals surface area contributed by atoms with Gasteiger partial charge >= 0.3 is 5.97 Å². The number of carbonyl (C=O) groups excluding carboxylic acids is 2. The zero-order chi connectivity index (χ0) is 23.3. The molecule has 0 atom stereocenters. The van der Waals surface area contributed by atoms with Gasteiger partial charge in [0.05, 0.1) is 10.6 Å². The topological polar surface area (TPSA) is 92.8 Å². The van der Waals surface area contributed by atoms with E-state index < -0.39 is 28.5 Å². The Morgan fingerprint density at radius 1 is 1.03 bits per heavy atom. The zero-order valence-corrected chi connectivity index (χ0v) is 19.9. The van der Waals surface area contributed by atoms with Crippen molar-refractivity contribution in [3.63, 3.8) is 0 Å². The number of benzene rings is 2. The number of hydrogen-bond acceptors (Lipinski definition) is 5. The molecule has 0 radical (unpaired) electrons. The standard InChI is InChI=1S/C22H24Cl2N2O5S/c1-15-12-17(23)7-9-19(15)25-21(27)14-31-22(28)16-6-8-18(24)20(13-16)32(29,30)26-10-4-2-3-5-11-26/h6-9,12-13H,2-5,10-11,14H2,1H3,(H,25,27). The van der Waals surface area contributed by atoms with Crippen molar-refractivity contribution < 1.29 is 22.7 Å². The Morgan fingerprint density at radius 2 is 1.72 bits per heavy atom. The number of rotatable bonds is 6. The molecule has 10 heteroatoms. The summed E-state index contributed by atoms with van der Waals surface area (Å²) in [5.74, 6) is -1.35. The molecule has 0 aromatic heterocycles. The SMILES string of the molecule is Cc1cc(Cl)ccc1NC(=O)COC(=O)c1ccc(Cl)c(S(=O)(=O)N2CCCCCC2)c1. The molecule has 0 bridgehead atoms. The summed E-state index contributed by atoms with van der Waals surface area (Å²) in [4.78, 5) is 24.5. The largest absolute Gasteiger partial charge is 0.452 e. The van der Waals surface area contributed by atoms with Gasteiger partial charge in [0.25, 0.3) is 5.91 Å². The lowest BCUT2D eigenvalue weighted by atomic mass is 10.2. The van der Waals surface area contributed by atoms with Crippen LogP contribution in [0.2, 0.25) is 10.0 Å². The molecule has 2 aromatic carbocycles. The maximum atomic E-state index is 13.1. The minimum absolute atomic E-state index is 0.00160. The highest BCUT2D eigenvalue weighted by Gasteiger charge is 2.28. The van der Waals surface area contributed by atoms with Crippen molar-refractivity contribution in [3.8, 4) is 0 Å². The zero-order valence-electron chi connectivity index (χ0n) is 17.6. The highest BCUT2D eigenvalue weighted by Crippen LogP contribution is 2.28. The average molecular weight is 499 g/mol. The fraction of sp³-hybridized carbons (Fsp3) is 0.364. The van der Waals surface area contributed by atoms with E-state index in [0.29, 0.717) is 23.8 Å². The summed E-state index contributed by atoms with van der Waals surface area (Å²) in [6.07, 6.45) is 3.51. The van der Waals surface area contributed by atoms with E-state index >= 15 is 0 Å². The second-order valence-corrected chi connectivity index (χ2v) is 10.3. The third kappa shape index (κ3) is 6.01. The van der Waals surface area contributed by atoms with Gasteiger partial charge in [-0.1, -0.05) is 36.0 Å². The van der Waals surface area contributed by atoms with Crippen LogP contribution in [0, 0.1) is 6.92 Å². The van der Waals surface area contributed by atoms with Gasteiger partial charge in [-0.05, 0) is 61.7 Å². The summed E-state index contributed by atoms with van der Waals surface area (Å²) in [7, 11) is -3.85. The van der Waals surface area contributed by atoms with Gasteiger partial charge in [0.1, 0.15) is 4.90 Å². The van der Waals surface area contributed by atoms with E-state index in [1.54, 1.807) is 25.1 Å². The van der Waals surface area contributed by atoms with Crippen LogP contribution in [-0.4, -0.2) is 44.3 Å². The normalized spacial score (nSPS) is 15.1. The summed E-state index contributed by atoms with van der Waals surface area (Å²) >= 11 is 12.1. The van der Waals surface area contributed by atoms with Gasteiger partial charge in [-0.3, -0.25) is 4.79 Å². The number of nitrogens with zero attached hydrogens (tertiary/aromatic N) is 1. The summed E-state index contributed by atoms with van der Waals surface area (Å²) in [6, 6.07) is 8.90. The fourth-order valence-electron chi connectivity index (χ4n) is 3.42. The molecule has 0 saturated carbocycles. The molecule has 0 aliphatic carbocycles. The third-order valence-corrected chi connectivity index (χ3v) is 7.76. The minimum atomic E-state index is -3.85. The lowest BCUT2D eigenvalue weighted by Gasteiger charge is -2.21. The number of nitrogens with one attached hydrogen (secondary N) is 1. The molecule has 3 rings (SSSR count). The highest BCUT2D eigenvalue weighted by molar-refractivity contribution is 7.89. The molecule has 32 heavy (non-hydrogen) atoms. The van der Waals surface area contributed by atoms with Crippen LogP contribution in [0.1, 0.15) is 41.6 Å². The van der Waals surface area contributed by atoms with Gasteiger partial charge in [-0.25, -0.2) is 13.2 Å². The van der Waals surface area contributed by atoms with Crippen LogP contribution < -0.4 is 5.32 Å². The molecule has 1 N–H and O–H groups in total. The number of carbonyl (C=O) groups is 2. The van der Waals surface area contributed by atoms with E-state index in [4.69, 9.17) is 27.9 Å². The first-order chi connectivity index (χ1) is 15.2. The van der Waals surface area contributed by atoms with Gasteiger partial charge < -0.3 is 10.1 Å². The van der Waals surface area contributed by atoms with E-state index in [9.17, 15) is 18.0 Å². The van der Waals surface area contributed by atoms with E-state index in [2.05, 4.69) is 5.32 Å². The number of aryl methyl sites for hydroxylation is 1. The van der Waals surface area contributed by atoms with Gasteiger partial charge in [0.2, 0.25) is 10.0 Å². The van der Waals surface area contributed by atoms with E-state index in [1.165, 1.54) is 22.5 Å². The fourth-order valence-corrected chi connectivity index (χ4v) is 5.66. The van der Waals surface area contributed by atoms with Gasteiger partial charge in [-0.15, -0.1) is 0 Å². The van der Waals surface area contributed by atoms with Crippen LogP contribution in [-0.2, 0) is 19.6 Å². The van der Waals surface area contributed by atoms with Gasteiger partial charge in [-0.2, -0.15) is 4.31 Å². The quantitative estimate of drug-likeness (QED) is 0.584. The van der Waals surface area contributed by atoms with Crippen LogP contribution in [0.4, 0.5) is 5.69 Å². The first kappa shape index (κ1) is 24.5. The molecule has 1 fully saturated rings. The van der Waals surface area contributed by atoms with Crippen molar-refractivity contribution in [2.24, 2.45) is 0 Å². The first-order valence-electron chi connectivity index (χ1n) is 10.2. The van der Waals surface area contributed by atoms with Crippen LogP contribution in [0.5, 0.6) is 0 Å². The Morgan fingerprint density at radius 3 is 2.38 bits per heavy atom. The Kier molecular flexibility index (Phi) is 8.16. The number of hydrogen-bond donors (Lipinski definition) is 1. The second kappa shape index (κ2) is 10.7. The van der Waals surface area contributed by atoms with Gasteiger partial charge in [0.15, 0.2) is 6.61 Å². The van der Waals surface area contributed by atoms with Crippen LogP contribution in [0.15, 0.2) is 41.3 Å². The van der Waals surface area contributed by atoms with E-state index in [0.717, 1.165) is 31.2 Å². The summed E-state index contributed by atoms with van der Waals surface area (Å²) in [6.45, 7) is 2.08. The Hall–Kier alpha value is -2.13. The molecule has 1 amide bonds. The Balaban J connectivity index is 1.68. The molecule has 1 aliphatic rings. The van der Waals surface area contributed by atoms with Crippen molar-refractivity contribution >= 4 is 50.8 Å². The lowest BCUT2D eigenvalue weighted by Crippen LogP contribution is -2.32. The number of ether oxygens (including phenoxy) is 1. The maximum absolute atomic E-state index is 13.1. The highest BCUT2D eigenvalue weighted by atomic mass is 35.5. The first-order valence-corrected chi connectivity index (χ1v) is 12.4. The number of sulfonamides is 1. The summed E-state index contributed by atoms with van der Waals surface area (Å²) in [5, 5.41) is 3.21. The number of anilines is 1. The monoisotopic (exact) mass is 498 g/mol. The van der Waals surface area contributed by atoms with Crippen molar-refractivity contribution in [1.82, 2.24) is 4.31 Å². The minimum Gasteiger partial charge on any atom is -0.452 e. The maximum Gasteiger partial charge on any atom is 0.338 e. The van der Waals surface area contributed by atoms with Crippen molar-refractivity contribution in [1.29, 1.82) is 0 Å². The van der Waals surface area contributed by atoms with E-state index in [-0.39, 0.29) is 15.5 Å². The number of esters is 1. The molecule has 2 aromatic rings. The third-order valence-electron chi connectivity index (χ3n) is 5.15. The molecule has 1 saturated heterocycles. The Labute approximate surface area is 197 Å². The molecule has 172 valence electrons. The second-order valence-electron chi connectivity index (χ2n) is 7.55. The van der Waals surface area contributed by atoms with Crippen LogP contribution in [0.3, 0.4) is 0 Å². The molecule has 1 heterocycles. The molecule has 0 spiro atoms. The number of halogens is 2.